The molecule has 1 heterocycles. The Morgan fingerprint density at radius 2 is 1.85 bits per heavy atom. The molecule has 0 aliphatic heterocycles. The minimum absolute atomic E-state index is 0.156. The molecule has 0 aliphatic rings. The number of esters is 1. The van der Waals surface area contributed by atoms with E-state index < -0.39 is 0 Å². The fourth-order valence-electron chi connectivity index (χ4n) is 3.81. The van der Waals surface area contributed by atoms with Gasteiger partial charge in [-0.25, -0.2) is 4.39 Å². The van der Waals surface area contributed by atoms with E-state index in [0.717, 1.165) is 11.3 Å². The zero-order valence-electron chi connectivity index (χ0n) is 19.8. The number of amides is 1. The average molecular weight is 455 g/mol. The Bertz CT molecular complexity index is 1120. The number of furan rings is 1. The lowest BCUT2D eigenvalue weighted by Crippen LogP contribution is -2.29. The molecule has 0 radical (unpaired) electrons. The molecule has 3 aromatic rings. The molecule has 1 aromatic heterocycles. The topological polar surface area (TPSA) is 71.8 Å². The van der Waals surface area contributed by atoms with Crippen LogP contribution in [-0.4, -0.2) is 37.0 Å². The third kappa shape index (κ3) is 5.53. The van der Waals surface area contributed by atoms with Gasteiger partial charge in [-0.15, -0.1) is 0 Å². The lowest BCUT2D eigenvalue weighted by atomic mass is 9.97. The van der Waals surface area contributed by atoms with Crippen LogP contribution in [0.2, 0.25) is 0 Å². The van der Waals surface area contributed by atoms with Crippen LogP contribution in [0.4, 0.5) is 10.1 Å². The molecular formula is C26H31FN2O4. The largest absolute Gasteiger partial charge is 0.466 e. The van der Waals surface area contributed by atoms with E-state index in [1.165, 1.54) is 11.0 Å². The van der Waals surface area contributed by atoms with Crippen molar-refractivity contribution in [3.63, 3.8) is 0 Å². The van der Waals surface area contributed by atoms with Crippen LogP contribution in [0.1, 0.15) is 54.9 Å². The number of carbonyl (C=O) groups excluding carboxylic acids is 2. The van der Waals surface area contributed by atoms with Gasteiger partial charge in [-0.05, 0) is 56.2 Å². The molecule has 2 aromatic carbocycles. The van der Waals surface area contributed by atoms with Gasteiger partial charge < -0.3 is 19.4 Å². The van der Waals surface area contributed by atoms with E-state index in [9.17, 15) is 14.0 Å². The Hall–Kier alpha value is -3.35. The molecule has 1 amide bonds. The Morgan fingerprint density at radius 3 is 2.45 bits per heavy atom. The maximum absolute atomic E-state index is 14.3. The number of nitrogens with one attached hydrogen (secondary N) is 1. The van der Waals surface area contributed by atoms with Crippen molar-refractivity contribution in [1.29, 1.82) is 0 Å². The number of anilines is 1. The predicted molar refractivity (Wildman–Crippen MR) is 127 cm³/mol. The summed E-state index contributed by atoms with van der Waals surface area (Å²) >= 11 is 0. The first kappa shape index (κ1) is 24.3. The molecule has 0 saturated carbocycles. The second kappa shape index (κ2) is 10.5. The van der Waals surface area contributed by atoms with Gasteiger partial charge in [0.25, 0.3) is 5.91 Å². The van der Waals surface area contributed by atoms with Crippen molar-refractivity contribution in [2.45, 2.75) is 40.2 Å². The summed E-state index contributed by atoms with van der Waals surface area (Å²) in [5.41, 5.74) is 2.65. The average Bonchev–Trinajstić information content (AvgIpc) is 3.13. The lowest BCUT2D eigenvalue weighted by Gasteiger charge is -2.23. The van der Waals surface area contributed by atoms with E-state index in [1.807, 2.05) is 19.1 Å². The number of aryl methyl sites for hydroxylation is 1. The summed E-state index contributed by atoms with van der Waals surface area (Å²) in [6.07, 6.45) is 0.156. The van der Waals surface area contributed by atoms with Crippen LogP contribution in [0.3, 0.4) is 0 Å². The SMILES string of the molecule is CCOC(=O)CCN(C)C(=O)c1ccc(NC(c2oc3cccc(F)c3c2C)C(C)C)cc1. The number of hydrogen-bond donors (Lipinski definition) is 1. The van der Waals surface area contributed by atoms with Crippen LogP contribution >= 0.6 is 0 Å². The maximum atomic E-state index is 14.3. The first-order chi connectivity index (χ1) is 15.7. The summed E-state index contributed by atoms with van der Waals surface area (Å²) in [6, 6.07) is 11.8. The molecule has 33 heavy (non-hydrogen) atoms. The number of ether oxygens (including phenoxy) is 1. The Kier molecular flexibility index (Phi) is 7.74. The van der Waals surface area contributed by atoms with Gasteiger partial charge in [0.2, 0.25) is 0 Å². The van der Waals surface area contributed by atoms with E-state index in [0.29, 0.717) is 28.9 Å². The second-order valence-corrected chi connectivity index (χ2v) is 8.43. The second-order valence-electron chi connectivity index (χ2n) is 8.43. The molecule has 176 valence electrons. The Labute approximate surface area is 193 Å². The van der Waals surface area contributed by atoms with Crippen molar-refractivity contribution in [1.82, 2.24) is 4.90 Å². The zero-order valence-corrected chi connectivity index (χ0v) is 19.8. The number of hydrogen-bond acceptors (Lipinski definition) is 5. The molecule has 6 nitrogen and oxygen atoms in total. The molecule has 0 fully saturated rings. The zero-order chi connectivity index (χ0) is 24.1. The molecule has 1 atom stereocenters. The fourth-order valence-corrected chi connectivity index (χ4v) is 3.81. The van der Waals surface area contributed by atoms with Gasteiger partial charge in [0.15, 0.2) is 0 Å². The minimum Gasteiger partial charge on any atom is -0.466 e. The molecular weight excluding hydrogens is 423 g/mol. The first-order valence-corrected chi connectivity index (χ1v) is 11.2. The highest BCUT2D eigenvalue weighted by atomic mass is 19.1. The van der Waals surface area contributed by atoms with Gasteiger partial charge in [0, 0.05) is 30.4 Å². The molecule has 1 N–H and O–H groups in total. The third-order valence-electron chi connectivity index (χ3n) is 5.65. The van der Waals surface area contributed by atoms with Crippen molar-refractivity contribution >= 4 is 28.5 Å². The Morgan fingerprint density at radius 1 is 1.15 bits per heavy atom. The molecule has 0 spiro atoms. The van der Waals surface area contributed by atoms with Gasteiger partial charge in [0.1, 0.15) is 17.2 Å². The van der Waals surface area contributed by atoms with Gasteiger partial charge in [-0.3, -0.25) is 9.59 Å². The van der Waals surface area contributed by atoms with Crippen LogP contribution in [-0.2, 0) is 9.53 Å². The number of fused-ring (bicyclic) bond motifs is 1. The fraction of sp³-hybridized carbons (Fsp3) is 0.385. The molecule has 1 unspecified atom stereocenters. The summed E-state index contributed by atoms with van der Waals surface area (Å²) in [5.74, 6) is 0.0797. The summed E-state index contributed by atoms with van der Waals surface area (Å²) < 4.78 is 25.3. The van der Waals surface area contributed by atoms with E-state index >= 15 is 0 Å². The van der Waals surface area contributed by atoms with Crippen LogP contribution in [0.5, 0.6) is 0 Å². The van der Waals surface area contributed by atoms with E-state index in [-0.39, 0.29) is 42.6 Å². The van der Waals surface area contributed by atoms with Crippen LogP contribution in [0.15, 0.2) is 46.9 Å². The molecule has 0 aliphatic carbocycles. The lowest BCUT2D eigenvalue weighted by molar-refractivity contribution is -0.143. The number of nitrogens with zero attached hydrogens (tertiary/aromatic N) is 1. The van der Waals surface area contributed by atoms with Crippen LogP contribution in [0.25, 0.3) is 11.0 Å². The van der Waals surface area contributed by atoms with Gasteiger partial charge in [-0.1, -0.05) is 19.9 Å². The monoisotopic (exact) mass is 454 g/mol. The van der Waals surface area contributed by atoms with Crippen molar-refractivity contribution in [2.24, 2.45) is 5.92 Å². The summed E-state index contributed by atoms with van der Waals surface area (Å²) in [7, 11) is 1.66. The highest BCUT2D eigenvalue weighted by Gasteiger charge is 2.25. The standard InChI is InChI=1S/C26H31FN2O4/c1-6-32-22(30)14-15-29(5)26(31)18-10-12-19(13-11-18)28-24(16(2)3)25-17(4)23-20(27)8-7-9-21(23)33-25/h7-13,16,24,28H,6,14-15H2,1-5H3. The van der Waals surface area contributed by atoms with Crippen molar-refractivity contribution < 1.29 is 23.1 Å². The molecule has 3 rings (SSSR count). The number of halogens is 1. The van der Waals surface area contributed by atoms with Crippen molar-refractivity contribution in [3.05, 3.63) is 65.2 Å². The number of rotatable bonds is 9. The highest BCUT2D eigenvalue weighted by molar-refractivity contribution is 5.94. The predicted octanol–water partition coefficient (Wildman–Crippen LogP) is 5.71. The quantitative estimate of drug-likeness (QED) is 0.419. The maximum Gasteiger partial charge on any atom is 0.307 e. The first-order valence-electron chi connectivity index (χ1n) is 11.2. The molecule has 0 saturated heterocycles. The normalized spacial score (nSPS) is 12.1. The van der Waals surface area contributed by atoms with E-state index in [1.54, 1.807) is 38.2 Å². The van der Waals surface area contributed by atoms with Crippen LogP contribution < -0.4 is 5.32 Å². The van der Waals surface area contributed by atoms with Gasteiger partial charge >= 0.3 is 5.97 Å². The summed E-state index contributed by atoms with van der Waals surface area (Å²) in [4.78, 5) is 25.7. The van der Waals surface area contributed by atoms with Gasteiger partial charge in [0.05, 0.1) is 24.5 Å². The Balaban J connectivity index is 1.74. The third-order valence-corrected chi connectivity index (χ3v) is 5.65. The smallest absolute Gasteiger partial charge is 0.307 e. The number of benzene rings is 2. The van der Waals surface area contributed by atoms with Gasteiger partial charge in [-0.2, -0.15) is 0 Å². The van der Waals surface area contributed by atoms with Crippen molar-refractivity contribution in [2.75, 3.05) is 25.5 Å². The minimum atomic E-state index is -0.322. The van der Waals surface area contributed by atoms with E-state index in [4.69, 9.17) is 9.15 Å². The summed E-state index contributed by atoms with van der Waals surface area (Å²) in [5, 5.41) is 3.97. The molecule has 7 heteroatoms. The van der Waals surface area contributed by atoms with E-state index in [2.05, 4.69) is 19.2 Å². The van der Waals surface area contributed by atoms with Crippen molar-refractivity contribution in [3.8, 4) is 0 Å². The highest BCUT2D eigenvalue weighted by Crippen LogP contribution is 2.36. The number of carbonyl (C=O) groups is 2. The van der Waals surface area contributed by atoms with Crippen LogP contribution in [0, 0.1) is 18.7 Å². The molecule has 0 bridgehead atoms. The summed E-state index contributed by atoms with van der Waals surface area (Å²) in [6.45, 7) is 8.36.